The maximum absolute atomic E-state index is 12.2. The second kappa shape index (κ2) is 9.40. The maximum atomic E-state index is 12.2. The third-order valence-electron chi connectivity index (χ3n) is 2.59. The minimum Gasteiger partial charge on any atom is -0.481 e. The number of rotatable bonds is 8. The van der Waals surface area contributed by atoms with E-state index in [0.29, 0.717) is 0 Å². The monoisotopic (exact) mass is 329 g/mol. The third kappa shape index (κ3) is 9.33. The van der Waals surface area contributed by atoms with E-state index in [9.17, 15) is 19.2 Å². The van der Waals surface area contributed by atoms with Crippen LogP contribution in [-0.4, -0.2) is 39.7 Å². The van der Waals surface area contributed by atoms with Gasteiger partial charge in [0.15, 0.2) is 10.9 Å². The zero-order chi connectivity index (χ0) is 17.3. The number of hydrogen-bond donors (Lipinski definition) is 2. The maximum Gasteiger partial charge on any atom is 0.307 e. The number of ketones is 1. The highest BCUT2D eigenvalue weighted by atomic mass is 32.2. The molecule has 2 N–H and O–H groups in total. The lowest BCUT2D eigenvalue weighted by Gasteiger charge is -2.24. The third-order valence-corrected chi connectivity index (χ3v) is 3.58. The Balaban J connectivity index is 4.48. The molecule has 0 aliphatic rings. The molecule has 0 fully saturated rings. The average Bonchev–Trinajstić information content (AvgIpc) is 2.37. The number of aliphatic carboxylic acids is 1. The zero-order valence-electron chi connectivity index (χ0n) is 13.3. The lowest BCUT2D eigenvalue weighted by molar-refractivity contribution is -0.136. The van der Waals surface area contributed by atoms with Crippen LogP contribution in [0.1, 0.15) is 40.5 Å². The van der Waals surface area contributed by atoms with Crippen LogP contribution in [0.3, 0.4) is 0 Å². The molecule has 0 bridgehead atoms. The summed E-state index contributed by atoms with van der Waals surface area (Å²) in [6.45, 7) is 6.59. The highest BCUT2D eigenvalue weighted by molar-refractivity contribution is 8.13. The van der Waals surface area contributed by atoms with Crippen molar-refractivity contribution in [2.45, 2.75) is 46.6 Å². The Morgan fingerprint density at radius 1 is 1.14 bits per heavy atom. The minimum absolute atomic E-state index is 0.0917. The van der Waals surface area contributed by atoms with E-state index in [4.69, 9.17) is 5.11 Å². The minimum atomic E-state index is -0.960. The SMILES string of the molecule is CC(=O)N[C@H](CSC(=O)C/C=C\CC(=O)O)C(=O)C(C)(C)C. The first kappa shape index (κ1) is 20.4. The van der Waals surface area contributed by atoms with Gasteiger partial charge < -0.3 is 10.4 Å². The van der Waals surface area contributed by atoms with Crippen LogP contribution >= 0.6 is 11.8 Å². The number of allylic oxidation sites excluding steroid dienone is 1. The van der Waals surface area contributed by atoms with Crippen molar-refractivity contribution in [3.63, 3.8) is 0 Å². The largest absolute Gasteiger partial charge is 0.481 e. The number of carboxylic acids is 1. The summed E-state index contributed by atoms with van der Waals surface area (Å²) in [6.07, 6.45) is 2.86. The predicted octanol–water partition coefficient (Wildman–Crippen LogP) is 1.79. The van der Waals surface area contributed by atoms with Gasteiger partial charge in [0.05, 0.1) is 12.5 Å². The van der Waals surface area contributed by atoms with Crippen LogP contribution in [0, 0.1) is 5.41 Å². The van der Waals surface area contributed by atoms with Crippen molar-refractivity contribution in [3.8, 4) is 0 Å². The molecule has 0 radical (unpaired) electrons. The van der Waals surface area contributed by atoms with Crippen molar-refractivity contribution in [2.75, 3.05) is 5.75 Å². The molecule has 0 unspecified atom stereocenters. The lowest BCUT2D eigenvalue weighted by Crippen LogP contribution is -2.46. The van der Waals surface area contributed by atoms with E-state index >= 15 is 0 Å². The Labute approximate surface area is 134 Å². The zero-order valence-corrected chi connectivity index (χ0v) is 14.2. The van der Waals surface area contributed by atoms with Gasteiger partial charge in [-0.2, -0.15) is 0 Å². The molecule has 0 aromatic heterocycles. The van der Waals surface area contributed by atoms with Crippen LogP contribution in [0.25, 0.3) is 0 Å². The Hall–Kier alpha value is -1.63. The number of hydrogen-bond acceptors (Lipinski definition) is 5. The van der Waals surface area contributed by atoms with Gasteiger partial charge in [-0.05, 0) is 0 Å². The summed E-state index contributed by atoms with van der Waals surface area (Å²) < 4.78 is 0. The molecule has 0 heterocycles. The number of Topliss-reactive ketones (excluding diaryl/α,β-unsaturated/α-hetero) is 1. The normalized spacial score (nSPS) is 12.9. The molecule has 1 amide bonds. The topological polar surface area (TPSA) is 101 Å². The highest BCUT2D eigenvalue weighted by Gasteiger charge is 2.30. The van der Waals surface area contributed by atoms with Crippen molar-refractivity contribution in [1.82, 2.24) is 5.32 Å². The van der Waals surface area contributed by atoms with Gasteiger partial charge in [-0.1, -0.05) is 44.7 Å². The Morgan fingerprint density at radius 2 is 1.68 bits per heavy atom. The molecule has 6 nitrogen and oxygen atoms in total. The molecule has 1 atom stereocenters. The van der Waals surface area contributed by atoms with Gasteiger partial charge in [0.2, 0.25) is 5.91 Å². The van der Waals surface area contributed by atoms with E-state index in [1.165, 1.54) is 19.1 Å². The number of carboxylic acid groups (broad SMARTS) is 1. The number of thioether (sulfide) groups is 1. The summed E-state index contributed by atoms with van der Waals surface area (Å²) in [5, 5.41) is 10.8. The van der Waals surface area contributed by atoms with Gasteiger partial charge in [-0.3, -0.25) is 19.2 Å². The molecule has 0 spiro atoms. The van der Waals surface area contributed by atoms with Gasteiger partial charge in [-0.15, -0.1) is 0 Å². The molecule has 7 heteroatoms. The number of nitrogens with one attached hydrogen (secondary N) is 1. The van der Waals surface area contributed by atoms with E-state index in [1.54, 1.807) is 20.8 Å². The Morgan fingerprint density at radius 3 is 2.14 bits per heavy atom. The van der Waals surface area contributed by atoms with Gasteiger partial charge in [0.1, 0.15) is 0 Å². The summed E-state index contributed by atoms with van der Waals surface area (Å²) in [4.78, 5) is 45.4. The smallest absolute Gasteiger partial charge is 0.307 e. The molecule has 0 saturated heterocycles. The van der Waals surface area contributed by atoms with Crippen LogP contribution in [0.4, 0.5) is 0 Å². The molecule has 0 aromatic rings. The van der Waals surface area contributed by atoms with Gasteiger partial charge in [0, 0.05) is 24.5 Å². The van der Waals surface area contributed by atoms with Crippen molar-refractivity contribution >= 4 is 34.5 Å². The van der Waals surface area contributed by atoms with Crippen LogP contribution in [0.5, 0.6) is 0 Å². The van der Waals surface area contributed by atoms with Crippen molar-refractivity contribution in [2.24, 2.45) is 5.41 Å². The van der Waals surface area contributed by atoms with Crippen molar-refractivity contribution < 1.29 is 24.3 Å². The summed E-state index contributed by atoms with van der Waals surface area (Å²) in [6, 6.07) is -0.713. The number of carbonyl (C=O) groups is 4. The van der Waals surface area contributed by atoms with Crippen molar-refractivity contribution in [3.05, 3.63) is 12.2 Å². The highest BCUT2D eigenvalue weighted by Crippen LogP contribution is 2.19. The van der Waals surface area contributed by atoms with E-state index in [-0.39, 0.29) is 35.4 Å². The van der Waals surface area contributed by atoms with E-state index < -0.39 is 17.4 Å². The first-order valence-corrected chi connectivity index (χ1v) is 7.86. The second-order valence-electron chi connectivity index (χ2n) is 5.82. The fraction of sp³-hybridized carbons (Fsp3) is 0.600. The molecular formula is C15H23NO5S. The number of amides is 1. The van der Waals surface area contributed by atoms with Crippen LogP contribution in [-0.2, 0) is 19.2 Å². The second-order valence-corrected chi connectivity index (χ2v) is 6.90. The molecule has 0 aliphatic carbocycles. The average molecular weight is 329 g/mol. The fourth-order valence-electron chi connectivity index (χ4n) is 1.55. The van der Waals surface area contributed by atoms with Gasteiger partial charge in [0.25, 0.3) is 0 Å². The molecule has 0 rings (SSSR count). The van der Waals surface area contributed by atoms with E-state index in [0.717, 1.165) is 11.8 Å². The standard InChI is InChI=1S/C15H23NO5S/c1-10(17)16-11(14(21)15(2,3)4)9-22-13(20)8-6-5-7-12(18)19/h5-6,11H,7-9H2,1-4H3,(H,16,17)(H,18,19)/b6-5-/t11-/m1/s1. The lowest BCUT2D eigenvalue weighted by atomic mass is 9.87. The van der Waals surface area contributed by atoms with Crippen LogP contribution in [0.2, 0.25) is 0 Å². The molecular weight excluding hydrogens is 306 g/mol. The number of carbonyl (C=O) groups excluding carboxylic acids is 3. The summed E-state index contributed by atoms with van der Waals surface area (Å²) in [7, 11) is 0. The summed E-state index contributed by atoms with van der Waals surface area (Å²) in [5.41, 5.74) is -0.613. The summed E-state index contributed by atoms with van der Waals surface area (Å²) >= 11 is 0.957. The van der Waals surface area contributed by atoms with E-state index in [1.807, 2.05) is 0 Å². The fourth-order valence-corrected chi connectivity index (χ4v) is 2.35. The van der Waals surface area contributed by atoms with Gasteiger partial charge in [-0.25, -0.2) is 0 Å². The molecule has 0 saturated carbocycles. The van der Waals surface area contributed by atoms with E-state index in [2.05, 4.69) is 5.32 Å². The molecule has 22 heavy (non-hydrogen) atoms. The predicted molar refractivity (Wildman–Crippen MR) is 85.5 cm³/mol. The van der Waals surface area contributed by atoms with Gasteiger partial charge >= 0.3 is 5.97 Å². The summed E-state index contributed by atoms with van der Waals surface area (Å²) in [5.74, 6) is -1.25. The molecule has 0 aromatic carbocycles. The van der Waals surface area contributed by atoms with Crippen molar-refractivity contribution in [1.29, 1.82) is 0 Å². The van der Waals surface area contributed by atoms with Crippen LogP contribution < -0.4 is 5.32 Å². The first-order chi connectivity index (χ1) is 10.0. The quantitative estimate of drug-likeness (QED) is 0.658. The Kier molecular flexibility index (Phi) is 8.70. The molecule has 0 aliphatic heterocycles. The Bertz CT molecular complexity index is 465. The first-order valence-electron chi connectivity index (χ1n) is 6.88. The van der Waals surface area contributed by atoms with Crippen LogP contribution in [0.15, 0.2) is 12.2 Å². The molecule has 124 valence electrons.